The van der Waals surface area contributed by atoms with Gasteiger partial charge in [-0.25, -0.2) is 0 Å². The van der Waals surface area contributed by atoms with Crippen LogP contribution in [0.1, 0.15) is 17.5 Å². The first-order valence-electron chi connectivity index (χ1n) is 4.34. The summed E-state index contributed by atoms with van der Waals surface area (Å²) in [6.45, 7) is 2.12. The third kappa shape index (κ3) is 1.70. The van der Waals surface area contributed by atoms with E-state index in [9.17, 15) is 0 Å². The maximum Gasteiger partial charge on any atom is 0.0979 e. The predicted octanol–water partition coefficient (Wildman–Crippen LogP) is 2.31. The van der Waals surface area contributed by atoms with Gasteiger partial charge in [0, 0.05) is 11.3 Å². The molecule has 0 unspecified atom stereocenters. The molecule has 0 atom stereocenters. The van der Waals surface area contributed by atoms with Gasteiger partial charge in [-0.05, 0) is 25.0 Å². The maximum absolute atomic E-state index is 5.26. The third-order valence-corrected chi connectivity index (χ3v) is 3.36. The van der Waals surface area contributed by atoms with Crippen LogP contribution in [-0.4, -0.2) is 5.04 Å². The van der Waals surface area contributed by atoms with Crippen molar-refractivity contribution < 1.29 is 0 Å². The van der Waals surface area contributed by atoms with Crippen molar-refractivity contribution in [2.24, 2.45) is 10.9 Å². The summed E-state index contributed by atoms with van der Waals surface area (Å²) >= 11 is 1.69. The molecule has 3 heteroatoms. The number of rotatable bonds is 0. The lowest BCUT2D eigenvalue weighted by molar-refractivity contribution is 0.986. The van der Waals surface area contributed by atoms with Crippen molar-refractivity contribution in [1.29, 1.82) is 0 Å². The molecule has 1 aromatic rings. The van der Waals surface area contributed by atoms with E-state index in [1.54, 1.807) is 11.8 Å². The number of benzene rings is 1. The number of fused-ring (bicyclic) bond motifs is 1. The van der Waals surface area contributed by atoms with E-state index in [2.05, 4.69) is 30.2 Å². The molecule has 0 saturated carbocycles. The van der Waals surface area contributed by atoms with Crippen LogP contribution in [0.5, 0.6) is 0 Å². The zero-order valence-electron chi connectivity index (χ0n) is 7.58. The molecule has 1 aliphatic heterocycles. The molecule has 2 N–H and O–H groups in total. The number of hydrogen-bond donors (Lipinski definition) is 1. The number of thioether (sulfide) groups is 1. The van der Waals surface area contributed by atoms with Crippen LogP contribution in [0.15, 0.2) is 28.2 Å². The smallest absolute Gasteiger partial charge is 0.0979 e. The molecule has 1 heterocycles. The zero-order chi connectivity index (χ0) is 9.26. The van der Waals surface area contributed by atoms with Crippen molar-refractivity contribution in [3.05, 3.63) is 29.3 Å². The number of aryl methyl sites for hydroxylation is 2. The molecule has 0 aromatic heterocycles. The molecule has 0 fully saturated rings. The molecule has 0 bridgehead atoms. The summed E-state index contributed by atoms with van der Waals surface area (Å²) in [6, 6.07) is 6.53. The van der Waals surface area contributed by atoms with Crippen LogP contribution in [0, 0.1) is 6.92 Å². The lowest BCUT2D eigenvalue weighted by atomic mass is 10.1. The van der Waals surface area contributed by atoms with Crippen LogP contribution in [0.3, 0.4) is 0 Å². The average Bonchev–Trinajstić information content (AvgIpc) is 2.17. The lowest BCUT2D eigenvalue weighted by Crippen LogP contribution is -2.06. The van der Waals surface area contributed by atoms with E-state index in [4.69, 9.17) is 5.84 Å². The standard InChI is InChI=1S/C10H12N2S/c1-7-2-4-9-8(6-7)3-5-10(12-11)13-9/h2,4,6H,3,5,11H2,1H3. The zero-order valence-corrected chi connectivity index (χ0v) is 8.40. The highest BCUT2D eigenvalue weighted by Crippen LogP contribution is 2.32. The first-order valence-corrected chi connectivity index (χ1v) is 5.15. The van der Waals surface area contributed by atoms with Crippen LogP contribution in [0.4, 0.5) is 0 Å². The number of hydrazone groups is 1. The van der Waals surface area contributed by atoms with E-state index >= 15 is 0 Å². The minimum atomic E-state index is 0.984. The minimum Gasteiger partial charge on any atom is -0.323 e. The monoisotopic (exact) mass is 192 g/mol. The third-order valence-electron chi connectivity index (χ3n) is 2.20. The van der Waals surface area contributed by atoms with E-state index in [1.165, 1.54) is 16.0 Å². The normalized spacial score (nSPS) is 18.7. The molecular weight excluding hydrogens is 180 g/mol. The second-order valence-corrected chi connectivity index (χ2v) is 4.35. The Bertz CT molecular complexity index is 358. The molecule has 2 nitrogen and oxygen atoms in total. The van der Waals surface area contributed by atoms with E-state index in [1.807, 2.05) is 0 Å². The van der Waals surface area contributed by atoms with E-state index in [0.717, 1.165) is 17.9 Å². The average molecular weight is 192 g/mol. The maximum atomic E-state index is 5.26. The Morgan fingerprint density at radius 3 is 3.00 bits per heavy atom. The van der Waals surface area contributed by atoms with Crippen molar-refractivity contribution in [2.75, 3.05) is 0 Å². The van der Waals surface area contributed by atoms with Crippen molar-refractivity contribution in [3.63, 3.8) is 0 Å². The van der Waals surface area contributed by atoms with Crippen LogP contribution < -0.4 is 5.84 Å². The number of nitrogens with zero attached hydrogens (tertiary/aromatic N) is 1. The van der Waals surface area contributed by atoms with Gasteiger partial charge in [-0.1, -0.05) is 29.5 Å². The van der Waals surface area contributed by atoms with Gasteiger partial charge in [0.1, 0.15) is 0 Å². The van der Waals surface area contributed by atoms with E-state index in [-0.39, 0.29) is 0 Å². The lowest BCUT2D eigenvalue weighted by Gasteiger charge is -2.16. The molecule has 0 saturated heterocycles. The van der Waals surface area contributed by atoms with Crippen molar-refractivity contribution >= 4 is 16.8 Å². The van der Waals surface area contributed by atoms with Crippen molar-refractivity contribution in [2.45, 2.75) is 24.7 Å². The fourth-order valence-corrected chi connectivity index (χ4v) is 2.45. The van der Waals surface area contributed by atoms with E-state index < -0.39 is 0 Å². The Morgan fingerprint density at radius 2 is 2.23 bits per heavy atom. The van der Waals surface area contributed by atoms with Crippen LogP contribution >= 0.6 is 11.8 Å². The van der Waals surface area contributed by atoms with Gasteiger partial charge in [-0.2, -0.15) is 5.10 Å². The molecular formula is C10H12N2S. The predicted molar refractivity (Wildman–Crippen MR) is 57.0 cm³/mol. The van der Waals surface area contributed by atoms with Crippen molar-refractivity contribution in [1.82, 2.24) is 0 Å². The Kier molecular flexibility index (Phi) is 2.27. The Labute approximate surface area is 82.2 Å². The van der Waals surface area contributed by atoms with Gasteiger partial charge in [-0.3, -0.25) is 0 Å². The minimum absolute atomic E-state index is 0.984. The summed E-state index contributed by atoms with van der Waals surface area (Å²) in [5.41, 5.74) is 2.75. The molecule has 68 valence electrons. The first-order chi connectivity index (χ1) is 6.29. The second kappa shape index (κ2) is 3.42. The second-order valence-electron chi connectivity index (χ2n) is 3.24. The SMILES string of the molecule is Cc1ccc2c(c1)CCC(=NN)S2. The molecule has 2 rings (SSSR count). The summed E-state index contributed by atoms with van der Waals surface area (Å²) in [4.78, 5) is 1.31. The molecule has 0 aliphatic carbocycles. The number of nitrogens with two attached hydrogens (primary N) is 1. The van der Waals surface area contributed by atoms with Gasteiger partial charge < -0.3 is 5.84 Å². The van der Waals surface area contributed by atoms with Crippen LogP contribution in [0.25, 0.3) is 0 Å². The summed E-state index contributed by atoms with van der Waals surface area (Å²) in [5.74, 6) is 5.26. The van der Waals surface area contributed by atoms with Crippen molar-refractivity contribution in [3.8, 4) is 0 Å². The molecule has 0 amide bonds. The molecule has 0 radical (unpaired) electrons. The summed E-state index contributed by atoms with van der Waals surface area (Å²) in [7, 11) is 0. The largest absolute Gasteiger partial charge is 0.323 e. The van der Waals surface area contributed by atoms with Gasteiger partial charge in [0.05, 0.1) is 5.04 Å². The fourth-order valence-electron chi connectivity index (χ4n) is 1.51. The van der Waals surface area contributed by atoms with E-state index in [0.29, 0.717) is 0 Å². The van der Waals surface area contributed by atoms with Gasteiger partial charge >= 0.3 is 0 Å². The summed E-state index contributed by atoms with van der Waals surface area (Å²) in [6.07, 6.45) is 2.05. The molecule has 1 aliphatic rings. The van der Waals surface area contributed by atoms with Crippen LogP contribution in [0.2, 0.25) is 0 Å². The van der Waals surface area contributed by atoms with Gasteiger partial charge in [0.15, 0.2) is 0 Å². The highest BCUT2D eigenvalue weighted by molar-refractivity contribution is 8.14. The van der Waals surface area contributed by atoms with Crippen LogP contribution in [-0.2, 0) is 6.42 Å². The highest BCUT2D eigenvalue weighted by atomic mass is 32.2. The highest BCUT2D eigenvalue weighted by Gasteiger charge is 2.14. The number of hydrogen-bond acceptors (Lipinski definition) is 3. The Morgan fingerprint density at radius 1 is 1.38 bits per heavy atom. The molecule has 0 spiro atoms. The summed E-state index contributed by atoms with van der Waals surface area (Å²) in [5, 5.41) is 4.79. The van der Waals surface area contributed by atoms with Gasteiger partial charge in [0.25, 0.3) is 0 Å². The molecule has 13 heavy (non-hydrogen) atoms. The van der Waals surface area contributed by atoms with Gasteiger partial charge in [-0.15, -0.1) is 0 Å². The summed E-state index contributed by atoms with van der Waals surface area (Å²) < 4.78 is 0. The Hall–Kier alpha value is -0.960. The Balaban J connectivity index is 2.37. The van der Waals surface area contributed by atoms with Gasteiger partial charge in [0.2, 0.25) is 0 Å². The molecule has 1 aromatic carbocycles. The fraction of sp³-hybridized carbons (Fsp3) is 0.300. The topological polar surface area (TPSA) is 38.4 Å². The quantitative estimate of drug-likeness (QED) is 0.506. The first kappa shape index (κ1) is 8.63.